The topological polar surface area (TPSA) is 3.24 Å². The monoisotopic (exact) mass is 193 g/mol. The van der Waals surface area contributed by atoms with Crippen molar-refractivity contribution in [1.29, 1.82) is 0 Å². The molecule has 0 atom stereocenters. The van der Waals surface area contributed by atoms with Gasteiger partial charge in [-0.15, -0.1) is 6.58 Å². The first kappa shape index (κ1) is 10.2. The smallest absolute Gasteiger partial charge is 0.00410 e. The van der Waals surface area contributed by atoms with Crippen molar-refractivity contribution < 1.29 is 0 Å². The summed E-state index contributed by atoms with van der Waals surface area (Å²) in [5, 5.41) is 0. The Hall–Kier alpha value is -0.300. The fourth-order valence-corrected chi connectivity index (χ4v) is 2.80. The van der Waals surface area contributed by atoms with Crippen LogP contribution in [0.4, 0.5) is 0 Å². The molecule has 1 aliphatic heterocycles. The zero-order valence-electron chi connectivity index (χ0n) is 9.52. The second-order valence-corrected chi connectivity index (χ2v) is 5.47. The molecule has 80 valence electrons. The number of rotatable bonds is 4. The number of hydrogen-bond acceptors (Lipinski definition) is 1. The van der Waals surface area contributed by atoms with Gasteiger partial charge in [0.15, 0.2) is 0 Å². The zero-order valence-corrected chi connectivity index (χ0v) is 9.52. The third-order valence-electron chi connectivity index (χ3n) is 3.64. The highest BCUT2D eigenvalue weighted by molar-refractivity contribution is 5.05. The standard InChI is InChI=1S/C13H23N/c1-12(2)10-13(6-7-13)11-14-8-4-3-5-9-14/h1,3-11H2,2H3. The van der Waals surface area contributed by atoms with Gasteiger partial charge in [0.2, 0.25) is 0 Å². The van der Waals surface area contributed by atoms with E-state index < -0.39 is 0 Å². The van der Waals surface area contributed by atoms with Gasteiger partial charge in [-0.2, -0.15) is 0 Å². The molecular weight excluding hydrogens is 170 g/mol. The summed E-state index contributed by atoms with van der Waals surface area (Å²) < 4.78 is 0. The maximum atomic E-state index is 4.05. The van der Waals surface area contributed by atoms with Crippen molar-refractivity contribution in [2.75, 3.05) is 19.6 Å². The van der Waals surface area contributed by atoms with E-state index in [1.54, 1.807) is 0 Å². The largest absolute Gasteiger partial charge is 0.303 e. The molecule has 0 amide bonds. The number of allylic oxidation sites excluding steroid dienone is 1. The highest BCUT2D eigenvalue weighted by Crippen LogP contribution is 2.51. The summed E-state index contributed by atoms with van der Waals surface area (Å²) in [6.45, 7) is 10.3. The molecule has 0 aromatic rings. The van der Waals surface area contributed by atoms with Crippen LogP contribution in [0.25, 0.3) is 0 Å². The van der Waals surface area contributed by atoms with Gasteiger partial charge < -0.3 is 4.90 Å². The van der Waals surface area contributed by atoms with Gasteiger partial charge in [-0.1, -0.05) is 12.0 Å². The first-order valence-corrected chi connectivity index (χ1v) is 6.07. The van der Waals surface area contributed by atoms with Gasteiger partial charge in [-0.25, -0.2) is 0 Å². The minimum atomic E-state index is 0.656. The molecule has 1 heterocycles. The molecule has 1 aliphatic carbocycles. The van der Waals surface area contributed by atoms with E-state index >= 15 is 0 Å². The van der Waals surface area contributed by atoms with Crippen LogP contribution in [0.1, 0.15) is 45.4 Å². The molecule has 2 fully saturated rings. The van der Waals surface area contributed by atoms with Crippen LogP contribution in [-0.4, -0.2) is 24.5 Å². The molecule has 2 aliphatic rings. The van der Waals surface area contributed by atoms with E-state index in [2.05, 4.69) is 18.4 Å². The minimum absolute atomic E-state index is 0.656. The third kappa shape index (κ3) is 2.60. The van der Waals surface area contributed by atoms with E-state index in [0.29, 0.717) is 5.41 Å². The van der Waals surface area contributed by atoms with E-state index in [4.69, 9.17) is 0 Å². The quantitative estimate of drug-likeness (QED) is 0.620. The molecule has 1 heteroatoms. The molecule has 0 aromatic carbocycles. The van der Waals surface area contributed by atoms with E-state index in [1.807, 2.05) is 0 Å². The van der Waals surface area contributed by atoms with Crippen LogP contribution in [0.15, 0.2) is 12.2 Å². The number of nitrogens with zero attached hydrogens (tertiary/aromatic N) is 1. The molecule has 0 spiro atoms. The Kier molecular flexibility index (Phi) is 2.96. The van der Waals surface area contributed by atoms with Gasteiger partial charge in [0.1, 0.15) is 0 Å². The predicted molar refractivity (Wildman–Crippen MR) is 61.4 cm³/mol. The van der Waals surface area contributed by atoms with E-state index in [0.717, 1.165) is 0 Å². The van der Waals surface area contributed by atoms with E-state index in [-0.39, 0.29) is 0 Å². The predicted octanol–water partition coefficient (Wildman–Crippen LogP) is 3.22. The van der Waals surface area contributed by atoms with Crippen molar-refractivity contribution in [3.8, 4) is 0 Å². The van der Waals surface area contributed by atoms with E-state index in [9.17, 15) is 0 Å². The molecule has 2 rings (SSSR count). The lowest BCUT2D eigenvalue weighted by Crippen LogP contribution is -2.35. The SMILES string of the molecule is C=C(C)CC1(CN2CCCCC2)CC1. The van der Waals surface area contributed by atoms with Crippen molar-refractivity contribution in [2.45, 2.75) is 45.4 Å². The molecule has 14 heavy (non-hydrogen) atoms. The third-order valence-corrected chi connectivity index (χ3v) is 3.64. The van der Waals surface area contributed by atoms with E-state index in [1.165, 1.54) is 63.7 Å². The van der Waals surface area contributed by atoms with Crippen LogP contribution in [-0.2, 0) is 0 Å². The van der Waals surface area contributed by atoms with Crippen LogP contribution in [0, 0.1) is 5.41 Å². The number of hydrogen-bond donors (Lipinski definition) is 0. The van der Waals surface area contributed by atoms with Crippen molar-refractivity contribution in [1.82, 2.24) is 4.90 Å². The molecule has 0 unspecified atom stereocenters. The summed E-state index contributed by atoms with van der Waals surface area (Å²) in [6, 6.07) is 0. The summed E-state index contributed by atoms with van der Waals surface area (Å²) in [7, 11) is 0. The number of likely N-dealkylation sites (tertiary alicyclic amines) is 1. The van der Waals surface area contributed by atoms with Crippen molar-refractivity contribution in [2.24, 2.45) is 5.41 Å². The molecule has 0 bridgehead atoms. The second kappa shape index (κ2) is 4.06. The molecule has 1 nitrogen and oxygen atoms in total. The summed E-state index contributed by atoms with van der Waals surface area (Å²) >= 11 is 0. The van der Waals surface area contributed by atoms with Gasteiger partial charge in [-0.05, 0) is 57.5 Å². The number of piperidine rings is 1. The molecular formula is C13H23N. The Bertz CT molecular complexity index is 209. The van der Waals surface area contributed by atoms with Crippen LogP contribution in [0.5, 0.6) is 0 Å². The Morgan fingerprint density at radius 3 is 2.36 bits per heavy atom. The maximum absolute atomic E-state index is 4.05. The Morgan fingerprint density at radius 2 is 1.86 bits per heavy atom. The minimum Gasteiger partial charge on any atom is -0.303 e. The van der Waals surface area contributed by atoms with Gasteiger partial charge in [0.05, 0.1) is 0 Å². The summed E-state index contributed by atoms with van der Waals surface area (Å²) in [4.78, 5) is 2.68. The second-order valence-electron chi connectivity index (χ2n) is 5.47. The Balaban J connectivity index is 1.80. The lowest BCUT2D eigenvalue weighted by Gasteiger charge is -2.30. The lowest BCUT2D eigenvalue weighted by atomic mass is 9.96. The molecule has 0 radical (unpaired) electrons. The van der Waals surface area contributed by atoms with Crippen LogP contribution < -0.4 is 0 Å². The summed E-state index contributed by atoms with van der Waals surface area (Å²) in [5.74, 6) is 0. The van der Waals surface area contributed by atoms with Gasteiger partial charge in [-0.3, -0.25) is 0 Å². The molecule has 1 saturated carbocycles. The van der Waals surface area contributed by atoms with Crippen molar-refractivity contribution >= 4 is 0 Å². The Labute approximate surface area is 88.2 Å². The van der Waals surface area contributed by atoms with Crippen molar-refractivity contribution in [3.63, 3.8) is 0 Å². The van der Waals surface area contributed by atoms with Crippen molar-refractivity contribution in [3.05, 3.63) is 12.2 Å². The average Bonchev–Trinajstić information content (AvgIpc) is 2.85. The van der Waals surface area contributed by atoms with Crippen LogP contribution in [0.3, 0.4) is 0 Å². The summed E-state index contributed by atoms with van der Waals surface area (Å²) in [6.07, 6.45) is 8.44. The first-order valence-electron chi connectivity index (χ1n) is 6.07. The van der Waals surface area contributed by atoms with Crippen LogP contribution >= 0.6 is 0 Å². The van der Waals surface area contributed by atoms with Gasteiger partial charge >= 0.3 is 0 Å². The normalized spacial score (nSPS) is 26.1. The van der Waals surface area contributed by atoms with Crippen LogP contribution in [0.2, 0.25) is 0 Å². The maximum Gasteiger partial charge on any atom is 0.00410 e. The highest BCUT2D eigenvalue weighted by Gasteiger charge is 2.43. The zero-order chi connectivity index (χ0) is 10.0. The molecule has 1 saturated heterocycles. The average molecular weight is 193 g/mol. The summed E-state index contributed by atoms with van der Waals surface area (Å²) in [5.41, 5.74) is 2.03. The van der Waals surface area contributed by atoms with Gasteiger partial charge in [0.25, 0.3) is 0 Å². The highest BCUT2D eigenvalue weighted by atomic mass is 15.1. The Morgan fingerprint density at radius 1 is 1.21 bits per heavy atom. The fourth-order valence-electron chi connectivity index (χ4n) is 2.80. The molecule has 0 aromatic heterocycles. The fraction of sp³-hybridized carbons (Fsp3) is 0.846. The first-order chi connectivity index (χ1) is 6.70. The molecule has 0 N–H and O–H groups in total. The lowest BCUT2D eigenvalue weighted by molar-refractivity contribution is 0.185. The van der Waals surface area contributed by atoms with Gasteiger partial charge in [0, 0.05) is 6.54 Å².